The Morgan fingerprint density at radius 1 is 1.00 bits per heavy atom. The van der Waals surface area contributed by atoms with Crippen molar-refractivity contribution in [3.05, 3.63) is 75.1 Å². The maximum absolute atomic E-state index is 12.8. The first-order chi connectivity index (χ1) is 16.9. The van der Waals surface area contributed by atoms with Crippen molar-refractivity contribution in [2.75, 3.05) is 25.2 Å². The molecule has 3 aromatic rings. The van der Waals surface area contributed by atoms with Gasteiger partial charge in [-0.05, 0) is 58.5 Å². The molecule has 0 radical (unpaired) electrons. The Hall–Kier alpha value is -3.04. The SMILES string of the molecule is COc1ccc(-c2cc(C=Cc3ccc(NS(C)(=O)=O)cc3CBr)c(OC)c(C(C)(C)C)c2)c(=O)[nH]1. The van der Waals surface area contributed by atoms with Crippen molar-refractivity contribution in [2.24, 2.45) is 0 Å². The summed E-state index contributed by atoms with van der Waals surface area (Å²) < 4.78 is 36.7. The lowest BCUT2D eigenvalue weighted by Crippen LogP contribution is -2.15. The van der Waals surface area contributed by atoms with Gasteiger partial charge in [-0.25, -0.2) is 8.42 Å². The number of methoxy groups -OCH3 is 2. The van der Waals surface area contributed by atoms with E-state index < -0.39 is 10.0 Å². The summed E-state index contributed by atoms with van der Waals surface area (Å²) in [4.78, 5) is 15.5. The Balaban J connectivity index is 2.15. The van der Waals surface area contributed by atoms with Crippen LogP contribution in [0.2, 0.25) is 0 Å². The molecular weight excluding hydrogens is 544 g/mol. The van der Waals surface area contributed by atoms with Gasteiger partial charge in [0, 0.05) is 27.7 Å². The summed E-state index contributed by atoms with van der Waals surface area (Å²) >= 11 is 3.49. The summed E-state index contributed by atoms with van der Waals surface area (Å²) in [5.41, 5.74) is 4.90. The molecule has 0 bridgehead atoms. The topological polar surface area (TPSA) is 97.5 Å². The smallest absolute Gasteiger partial charge is 0.258 e. The first-order valence-corrected chi connectivity index (χ1v) is 14.2. The molecular formula is C27H31BrN2O5S. The van der Waals surface area contributed by atoms with Gasteiger partial charge >= 0.3 is 0 Å². The minimum absolute atomic E-state index is 0.246. The molecule has 0 spiro atoms. The van der Waals surface area contributed by atoms with Crippen LogP contribution in [0.25, 0.3) is 23.3 Å². The molecule has 0 aliphatic heterocycles. The highest BCUT2D eigenvalue weighted by molar-refractivity contribution is 9.08. The molecule has 0 aliphatic carbocycles. The summed E-state index contributed by atoms with van der Waals surface area (Å²) in [7, 11) is -0.233. The number of aromatic amines is 1. The van der Waals surface area contributed by atoms with E-state index in [1.165, 1.54) is 7.11 Å². The van der Waals surface area contributed by atoms with Gasteiger partial charge in [0.15, 0.2) is 5.88 Å². The highest BCUT2D eigenvalue weighted by Crippen LogP contribution is 2.38. The largest absolute Gasteiger partial charge is 0.496 e. The zero-order valence-corrected chi connectivity index (χ0v) is 23.6. The quantitative estimate of drug-likeness (QED) is 0.262. The number of benzene rings is 2. The second-order valence-electron chi connectivity index (χ2n) is 9.42. The van der Waals surface area contributed by atoms with Crippen LogP contribution in [0.3, 0.4) is 0 Å². The fourth-order valence-electron chi connectivity index (χ4n) is 3.86. The average molecular weight is 576 g/mol. The van der Waals surface area contributed by atoms with Gasteiger partial charge in [0.2, 0.25) is 10.0 Å². The van der Waals surface area contributed by atoms with Crippen molar-refractivity contribution in [1.29, 1.82) is 0 Å². The number of aromatic nitrogens is 1. The summed E-state index contributed by atoms with van der Waals surface area (Å²) in [6.45, 7) is 6.28. The number of nitrogens with one attached hydrogen (secondary N) is 2. The van der Waals surface area contributed by atoms with Crippen LogP contribution in [-0.2, 0) is 20.8 Å². The van der Waals surface area contributed by atoms with Gasteiger partial charge in [-0.1, -0.05) is 54.9 Å². The number of rotatable bonds is 8. The van der Waals surface area contributed by atoms with Crippen molar-refractivity contribution in [1.82, 2.24) is 4.98 Å². The molecule has 2 N–H and O–H groups in total. The predicted molar refractivity (Wildman–Crippen MR) is 151 cm³/mol. The third-order valence-electron chi connectivity index (χ3n) is 5.58. The van der Waals surface area contributed by atoms with Crippen molar-refractivity contribution in [3.63, 3.8) is 0 Å². The molecule has 36 heavy (non-hydrogen) atoms. The fourth-order valence-corrected chi connectivity index (χ4v) is 4.90. The normalized spacial score (nSPS) is 12.1. The lowest BCUT2D eigenvalue weighted by molar-refractivity contribution is 0.396. The summed E-state index contributed by atoms with van der Waals surface area (Å²) in [6, 6.07) is 12.8. The van der Waals surface area contributed by atoms with E-state index in [0.717, 1.165) is 39.8 Å². The predicted octanol–water partition coefficient (Wildman–Crippen LogP) is 5.79. The molecule has 0 amide bonds. The number of hydrogen-bond donors (Lipinski definition) is 2. The molecule has 0 unspecified atom stereocenters. The second-order valence-corrected chi connectivity index (χ2v) is 11.7. The number of H-pyrrole nitrogens is 1. The van der Waals surface area contributed by atoms with Gasteiger partial charge in [0.1, 0.15) is 5.75 Å². The number of ether oxygens (including phenoxy) is 2. The van der Waals surface area contributed by atoms with Gasteiger partial charge < -0.3 is 9.47 Å². The average Bonchev–Trinajstić information content (AvgIpc) is 2.80. The van der Waals surface area contributed by atoms with Crippen LogP contribution in [0.15, 0.2) is 47.3 Å². The molecule has 0 fully saturated rings. The summed E-state index contributed by atoms with van der Waals surface area (Å²) in [6.07, 6.45) is 5.02. The maximum atomic E-state index is 12.8. The molecule has 192 valence electrons. The van der Waals surface area contributed by atoms with E-state index >= 15 is 0 Å². The van der Waals surface area contributed by atoms with Crippen molar-refractivity contribution < 1.29 is 17.9 Å². The number of alkyl halides is 1. The molecule has 2 aromatic carbocycles. The Morgan fingerprint density at radius 3 is 2.25 bits per heavy atom. The molecule has 7 nitrogen and oxygen atoms in total. The zero-order chi connectivity index (χ0) is 26.7. The van der Waals surface area contributed by atoms with Gasteiger partial charge in [0.05, 0.1) is 20.5 Å². The monoisotopic (exact) mass is 574 g/mol. The van der Waals surface area contributed by atoms with Gasteiger partial charge in [-0.3, -0.25) is 14.5 Å². The number of hydrogen-bond acceptors (Lipinski definition) is 5. The molecule has 1 heterocycles. The van der Waals surface area contributed by atoms with E-state index in [1.54, 1.807) is 31.4 Å². The molecule has 0 aliphatic rings. The zero-order valence-electron chi connectivity index (χ0n) is 21.2. The van der Waals surface area contributed by atoms with Crippen LogP contribution in [0.1, 0.15) is 43.0 Å². The van der Waals surface area contributed by atoms with Crippen LogP contribution >= 0.6 is 15.9 Å². The van der Waals surface area contributed by atoms with Gasteiger partial charge in [-0.2, -0.15) is 0 Å². The van der Waals surface area contributed by atoms with Crippen molar-refractivity contribution in [2.45, 2.75) is 31.5 Å². The third kappa shape index (κ3) is 6.59. The minimum Gasteiger partial charge on any atom is -0.496 e. The summed E-state index contributed by atoms with van der Waals surface area (Å²) in [5.74, 6) is 1.12. The van der Waals surface area contributed by atoms with Crippen LogP contribution in [0.5, 0.6) is 11.6 Å². The second kappa shape index (κ2) is 10.9. The molecule has 3 rings (SSSR count). The molecule has 9 heteroatoms. The van der Waals surface area contributed by atoms with Crippen LogP contribution in [0.4, 0.5) is 5.69 Å². The van der Waals surface area contributed by atoms with E-state index in [9.17, 15) is 13.2 Å². The molecule has 0 saturated carbocycles. The third-order valence-corrected chi connectivity index (χ3v) is 6.79. The number of pyridine rings is 1. The maximum Gasteiger partial charge on any atom is 0.258 e. The van der Waals surface area contributed by atoms with Crippen LogP contribution in [-0.4, -0.2) is 33.9 Å². The van der Waals surface area contributed by atoms with E-state index in [0.29, 0.717) is 22.5 Å². The Labute approximate surface area is 220 Å². The van der Waals surface area contributed by atoms with E-state index in [2.05, 4.69) is 46.4 Å². The van der Waals surface area contributed by atoms with E-state index in [-0.39, 0.29) is 11.0 Å². The highest BCUT2D eigenvalue weighted by Gasteiger charge is 2.23. The van der Waals surface area contributed by atoms with Crippen LogP contribution < -0.4 is 19.8 Å². The first kappa shape index (κ1) is 27.5. The Bertz CT molecular complexity index is 1450. The first-order valence-electron chi connectivity index (χ1n) is 11.2. The van der Waals surface area contributed by atoms with E-state index in [1.807, 2.05) is 30.4 Å². The molecule has 0 saturated heterocycles. The van der Waals surface area contributed by atoms with E-state index in [4.69, 9.17) is 9.47 Å². The number of sulfonamides is 1. The molecule has 1 aromatic heterocycles. The van der Waals surface area contributed by atoms with Gasteiger partial charge in [-0.15, -0.1) is 0 Å². The standard InChI is InChI=1S/C27H31BrN2O5S/c1-27(2,3)23-15-19(22-11-12-24(34-4)29-26(22)31)13-18(25(23)35-5)8-7-17-9-10-21(14-20(17)16-28)30-36(6,32)33/h7-15,30H,16H2,1-6H3,(H,29,31). The lowest BCUT2D eigenvalue weighted by atomic mass is 9.83. The van der Waals surface area contributed by atoms with Crippen molar-refractivity contribution in [3.8, 4) is 22.8 Å². The summed E-state index contributed by atoms with van der Waals surface area (Å²) in [5, 5.41) is 0.539. The molecule has 0 atom stereocenters. The highest BCUT2D eigenvalue weighted by atomic mass is 79.9. The Kier molecular flexibility index (Phi) is 8.36. The Morgan fingerprint density at radius 2 is 1.69 bits per heavy atom. The fraction of sp³-hybridized carbons (Fsp3) is 0.296. The van der Waals surface area contributed by atoms with Gasteiger partial charge in [0.25, 0.3) is 5.56 Å². The number of anilines is 1. The minimum atomic E-state index is -3.37. The van der Waals surface area contributed by atoms with Crippen LogP contribution in [0, 0.1) is 0 Å². The number of halogens is 1. The lowest BCUT2D eigenvalue weighted by Gasteiger charge is -2.24. The van der Waals surface area contributed by atoms with Crippen molar-refractivity contribution >= 4 is 43.8 Å².